The predicted octanol–water partition coefficient (Wildman–Crippen LogP) is 2.41. The van der Waals surface area contributed by atoms with Crippen molar-refractivity contribution in [1.29, 1.82) is 0 Å². The predicted molar refractivity (Wildman–Crippen MR) is 102 cm³/mol. The summed E-state index contributed by atoms with van der Waals surface area (Å²) in [6.07, 6.45) is 0.611. The van der Waals surface area contributed by atoms with Gasteiger partial charge in [0.15, 0.2) is 0 Å². The van der Waals surface area contributed by atoms with Gasteiger partial charge in [-0.1, -0.05) is 26.0 Å². The first-order valence-electron chi connectivity index (χ1n) is 8.91. The fourth-order valence-corrected chi connectivity index (χ4v) is 3.57. The van der Waals surface area contributed by atoms with Gasteiger partial charge in [0, 0.05) is 37.9 Å². The minimum absolute atomic E-state index is 0. The summed E-state index contributed by atoms with van der Waals surface area (Å²) in [6.45, 7) is 9.25. The van der Waals surface area contributed by atoms with Gasteiger partial charge in [-0.2, -0.15) is 0 Å². The van der Waals surface area contributed by atoms with E-state index in [1.54, 1.807) is 4.90 Å². The molecule has 5 nitrogen and oxygen atoms in total. The van der Waals surface area contributed by atoms with Crippen LogP contribution in [0.25, 0.3) is 0 Å². The first-order valence-corrected chi connectivity index (χ1v) is 8.91. The van der Waals surface area contributed by atoms with Crippen molar-refractivity contribution < 1.29 is 9.59 Å². The average molecular weight is 366 g/mol. The van der Waals surface area contributed by atoms with Crippen molar-refractivity contribution in [2.24, 2.45) is 5.92 Å². The van der Waals surface area contributed by atoms with Crippen molar-refractivity contribution in [3.8, 4) is 0 Å². The molecule has 138 valence electrons. The minimum atomic E-state index is -0.518. The van der Waals surface area contributed by atoms with Crippen LogP contribution in [-0.2, 0) is 9.59 Å². The summed E-state index contributed by atoms with van der Waals surface area (Å²) in [6, 6.07) is 8.28. The van der Waals surface area contributed by atoms with E-state index in [4.69, 9.17) is 0 Å². The Hall–Kier alpha value is -1.59. The van der Waals surface area contributed by atoms with Crippen LogP contribution >= 0.6 is 12.4 Å². The quantitative estimate of drug-likeness (QED) is 0.837. The maximum Gasteiger partial charge on any atom is 0.239 e. The lowest BCUT2D eigenvalue weighted by atomic mass is 10.0. The molecule has 2 unspecified atom stereocenters. The number of rotatable bonds is 3. The summed E-state index contributed by atoms with van der Waals surface area (Å²) in [7, 11) is 0. The second-order valence-corrected chi connectivity index (χ2v) is 7.16. The van der Waals surface area contributed by atoms with E-state index >= 15 is 0 Å². The summed E-state index contributed by atoms with van der Waals surface area (Å²) in [4.78, 5) is 29.2. The zero-order valence-electron chi connectivity index (χ0n) is 15.2. The highest BCUT2D eigenvalue weighted by Crippen LogP contribution is 2.28. The van der Waals surface area contributed by atoms with E-state index in [1.807, 2.05) is 24.0 Å². The molecule has 2 saturated heterocycles. The third-order valence-electron chi connectivity index (χ3n) is 5.16. The number of nitrogens with zero attached hydrogens (tertiary/aromatic N) is 2. The number of anilines is 1. The van der Waals surface area contributed by atoms with Gasteiger partial charge in [-0.3, -0.25) is 9.59 Å². The lowest BCUT2D eigenvalue weighted by molar-refractivity contribution is -0.142. The number of amides is 2. The van der Waals surface area contributed by atoms with Gasteiger partial charge in [-0.15, -0.1) is 12.4 Å². The van der Waals surface area contributed by atoms with E-state index < -0.39 is 5.92 Å². The second kappa shape index (κ2) is 8.19. The maximum atomic E-state index is 12.8. The van der Waals surface area contributed by atoms with E-state index in [0.717, 1.165) is 18.8 Å². The van der Waals surface area contributed by atoms with Crippen molar-refractivity contribution in [1.82, 2.24) is 10.2 Å². The molecule has 0 bridgehead atoms. The van der Waals surface area contributed by atoms with Crippen molar-refractivity contribution in [3.63, 3.8) is 0 Å². The molecule has 0 radical (unpaired) electrons. The molecule has 2 aliphatic heterocycles. The molecule has 6 heteroatoms. The van der Waals surface area contributed by atoms with Crippen LogP contribution in [0.4, 0.5) is 5.69 Å². The monoisotopic (exact) mass is 365 g/mol. The molecule has 25 heavy (non-hydrogen) atoms. The Labute approximate surface area is 156 Å². The first-order chi connectivity index (χ1) is 11.5. The molecule has 1 N–H and O–H groups in total. The number of hydrogen-bond donors (Lipinski definition) is 1. The second-order valence-electron chi connectivity index (χ2n) is 7.16. The Bertz CT molecular complexity index is 618. The van der Waals surface area contributed by atoms with Crippen LogP contribution in [0.2, 0.25) is 0 Å². The van der Waals surface area contributed by atoms with Gasteiger partial charge in [0.2, 0.25) is 11.8 Å². The normalized spacial score (nSPS) is 23.8. The van der Waals surface area contributed by atoms with Gasteiger partial charge in [-0.25, -0.2) is 0 Å². The highest BCUT2D eigenvalue weighted by atomic mass is 35.5. The third-order valence-corrected chi connectivity index (χ3v) is 5.16. The van der Waals surface area contributed by atoms with Crippen molar-refractivity contribution >= 4 is 29.9 Å². The molecular weight excluding hydrogens is 338 g/mol. The highest BCUT2D eigenvalue weighted by molar-refractivity contribution is 6.09. The number of halogens is 1. The number of carbonyl (C=O) groups is 2. The van der Waals surface area contributed by atoms with Gasteiger partial charge in [0.1, 0.15) is 5.92 Å². The highest BCUT2D eigenvalue weighted by Gasteiger charge is 2.41. The van der Waals surface area contributed by atoms with Crippen LogP contribution in [0.3, 0.4) is 0 Å². The Morgan fingerprint density at radius 1 is 1.20 bits per heavy atom. The molecule has 2 fully saturated rings. The molecule has 2 aliphatic rings. The average Bonchev–Trinajstić information content (AvgIpc) is 2.96. The van der Waals surface area contributed by atoms with E-state index in [-0.39, 0.29) is 30.3 Å². The summed E-state index contributed by atoms with van der Waals surface area (Å²) in [5, 5.41) is 3.28. The molecule has 0 saturated carbocycles. The maximum absolute atomic E-state index is 12.8. The van der Waals surface area contributed by atoms with Crippen LogP contribution in [0.1, 0.15) is 38.7 Å². The van der Waals surface area contributed by atoms with E-state index in [0.29, 0.717) is 25.4 Å². The van der Waals surface area contributed by atoms with Gasteiger partial charge in [-0.05, 0) is 37.0 Å². The van der Waals surface area contributed by atoms with Crippen LogP contribution in [-0.4, -0.2) is 48.9 Å². The zero-order valence-corrected chi connectivity index (χ0v) is 16.0. The van der Waals surface area contributed by atoms with E-state index in [9.17, 15) is 9.59 Å². The number of benzene rings is 1. The number of carbonyl (C=O) groups excluding carboxylic acids is 2. The van der Waals surface area contributed by atoms with Gasteiger partial charge < -0.3 is 15.1 Å². The van der Waals surface area contributed by atoms with Crippen LogP contribution < -0.4 is 10.2 Å². The number of piperazine rings is 1. The molecule has 0 spiro atoms. The van der Waals surface area contributed by atoms with Crippen LogP contribution in [0.5, 0.6) is 0 Å². The van der Waals surface area contributed by atoms with Crippen LogP contribution in [0.15, 0.2) is 24.3 Å². The van der Waals surface area contributed by atoms with Gasteiger partial charge in [0.25, 0.3) is 0 Å². The summed E-state index contributed by atoms with van der Waals surface area (Å²) >= 11 is 0. The molecule has 2 atom stereocenters. The Morgan fingerprint density at radius 3 is 2.48 bits per heavy atom. The third kappa shape index (κ3) is 3.98. The number of nitrogens with one attached hydrogen (secondary N) is 1. The molecular formula is C19H28ClN3O2. The van der Waals surface area contributed by atoms with Crippen molar-refractivity contribution in [2.45, 2.75) is 39.2 Å². The molecule has 0 aliphatic carbocycles. The van der Waals surface area contributed by atoms with Crippen molar-refractivity contribution in [2.75, 3.05) is 31.1 Å². The largest absolute Gasteiger partial charge is 0.337 e. The van der Waals surface area contributed by atoms with Gasteiger partial charge >= 0.3 is 0 Å². The Kier molecular flexibility index (Phi) is 6.47. The Morgan fingerprint density at radius 2 is 1.88 bits per heavy atom. The van der Waals surface area contributed by atoms with E-state index in [2.05, 4.69) is 31.3 Å². The smallest absolute Gasteiger partial charge is 0.239 e. The van der Waals surface area contributed by atoms with E-state index in [1.165, 1.54) is 5.56 Å². The molecule has 2 amide bonds. The summed E-state index contributed by atoms with van der Waals surface area (Å²) in [5.74, 6) is -0.106. The molecule has 1 aromatic carbocycles. The molecule has 3 rings (SSSR count). The minimum Gasteiger partial charge on any atom is -0.337 e. The lowest BCUT2D eigenvalue weighted by Gasteiger charge is -2.35. The summed E-state index contributed by atoms with van der Waals surface area (Å²) < 4.78 is 0. The van der Waals surface area contributed by atoms with Gasteiger partial charge in [0.05, 0.1) is 0 Å². The first kappa shape index (κ1) is 19.7. The molecule has 0 aromatic heterocycles. The SMILES string of the molecule is CC(C)c1ccc(N2CCC(C(=O)N3CCNCC3C)C2=O)cc1.Cl. The van der Waals surface area contributed by atoms with Crippen LogP contribution in [0, 0.1) is 5.92 Å². The fraction of sp³-hybridized carbons (Fsp3) is 0.579. The molecule has 1 aromatic rings. The number of hydrogen-bond acceptors (Lipinski definition) is 3. The molecule has 2 heterocycles. The topological polar surface area (TPSA) is 52.7 Å². The standard InChI is InChI=1S/C19H27N3O2.ClH/c1-13(2)15-4-6-16(7-5-15)22-10-8-17(19(22)24)18(23)21-11-9-20-12-14(21)3;/h4-7,13-14,17,20H,8-12H2,1-3H3;1H. The zero-order chi connectivity index (χ0) is 17.3. The lowest BCUT2D eigenvalue weighted by Crippen LogP contribution is -2.54. The fourth-order valence-electron chi connectivity index (χ4n) is 3.57. The Balaban J connectivity index is 0.00000225. The van der Waals surface area contributed by atoms with Crippen molar-refractivity contribution in [3.05, 3.63) is 29.8 Å². The summed E-state index contributed by atoms with van der Waals surface area (Å²) in [5.41, 5.74) is 2.15.